The van der Waals surface area contributed by atoms with Crippen LogP contribution in [0.4, 0.5) is 10.1 Å². The van der Waals surface area contributed by atoms with E-state index < -0.39 is 5.41 Å². The van der Waals surface area contributed by atoms with Crippen LogP contribution in [0.15, 0.2) is 24.4 Å². The van der Waals surface area contributed by atoms with E-state index in [-0.39, 0.29) is 35.6 Å². The summed E-state index contributed by atoms with van der Waals surface area (Å²) >= 11 is 0. The topological polar surface area (TPSA) is 80.5 Å². The Morgan fingerprint density at radius 2 is 1.80 bits per heavy atom. The zero-order valence-corrected chi connectivity index (χ0v) is 20.6. The molecule has 2 aromatic rings. The number of fused-ring (bicyclic) bond motifs is 1. The number of benzene rings is 1. The molecule has 7 nitrogen and oxygen atoms in total. The van der Waals surface area contributed by atoms with E-state index in [1.54, 1.807) is 17.2 Å². The lowest BCUT2D eigenvalue weighted by molar-refractivity contribution is -0.139. The number of aromatic nitrogens is 1. The summed E-state index contributed by atoms with van der Waals surface area (Å²) in [5.74, 6) is -0.177. The molecule has 0 radical (unpaired) electrons. The highest BCUT2D eigenvalue weighted by Gasteiger charge is 2.42. The molecular formula is C27H32FN5O2. The van der Waals surface area contributed by atoms with E-state index in [2.05, 4.69) is 16.0 Å². The summed E-state index contributed by atoms with van der Waals surface area (Å²) in [7, 11) is 0. The minimum Gasteiger partial charge on any atom is -0.370 e. The van der Waals surface area contributed by atoms with Crippen LogP contribution in [0, 0.1) is 28.5 Å². The van der Waals surface area contributed by atoms with Crippen LogP contribution in [0.3, 0.4) is 0 Å². The molecule has 2 amide bonds. The Morgan fingerprint density at radius 3 is 2.40 bits per heavy atom. The molecule has 0 unspecified atom stereocenters. The van der Waals surface area contributed by atoms with Gasteiger partial charge in [-0.3, -0.25) is 14.6 Å². The molecule has 2 aliphatic heterocycles. The van der Waals surface area contributed by atoms with Crippen molar-refractivity contribution in [1.82, 2.24) is 14.8 Å². The number of nitriles is 1. The summed E-state index contributed by atoms with van der Waals surface area (Å²) in [6, 6.07) is 6.73. The molecule has 0 N–H and O–H groups in total. The lowest BCUT2D eigenvalue weighted by Gasteiger charge is -2.45. The summed E-state index contributed by atoms with van der Waals surface area (Å²) in [6.07, 6.45) is 4.87. The predicted molar refractivity (Wildman–Crippen MR) is 131 cm³/mol. The Bertz CT molecular complexity index is 1200. The highest BCUT2D eigenvalue weighted by Crippen LogP contribution is 2.38. The fourth-order valence-corrected chi connectivity index (χ4v) is 5.62. The minimum atomic E-state index is -0.399. The van der Waals surface area contributed by atoms with Gasteiger partial charge in [0.05, 0.1) is 28.3 Å². The number of halogens is 1. The minimum absolute atomic E-state index is 0.0727. The van der Waals surface area contributed by atoms with Gasteiger partial charge in [0.15, 0.2) is 0 Å². The molecule has 1 saturated carbocycles. The number of amides is 2. The van der Waals surface area contributed by atoms with E-state index in [0.717, 1.165) is 12.8 Å². The average molecular weight is 478 g/mol. The number of piperidine rings is 1. The first-order chi connectivity index (χ1) is 16.7. The highest BCUT2D eigenvalue weighted by atomic mass is 19.1. The molecule has 35 heavy (non-hydrogen) atoms. The second kappa shape index (κ2) is 8.78. The molecule has 8 heteroatoms. The van der Waals surface area contributed by atoms with Gasteiger partial charge in [-0.1, -0.05) is 0 Å². The standard InChI is InChI=1S/C27H32FN5O2/c1-17-14-32(15-18(2)33(17)25(34)19-4-5-19)26(35)22-13-30-23-7-6-20(28)12-21(23)24(22)31-10-8-27(3,16-29)9-11-31/h6-7,12-13,17-19H,4-5,8-11,14-15H2,1-3H3/t17-,18+. The lowest BCUT2D eigenvalue weighted by Crippen LogP contribution is -2.60. The molecule has 1 aromatic heterocycles. The number of piperazine rings is 1. The SMILES string of the molecule is C[C@@H]1CN(C(=O)c2cnc3ccc(F)cc3c2N2CCC(C)(C#N)CC2)C[C@H](C)N1C(=O)C1CC1. The molecule has 0 bridgehead atoms. The zero-order chi connectivity index (χ0) is 24.9. The molecule has 3 heterocycles. The molecular weight excluding hydrogens is 445 g/mol. The average Bonchev–Trinajstić information content (AvgIpc) is 3.68. The summed E-state index contributed by atoms with van der Waals surface area (Å²) < 4.78 is 14.3. The largest absolute Gasteiger partial charge is 0.370 e. The van der Waals surface area contributed by atoms with Crippen LogP contribution in [0.1, 0.15) is 56.8 Å². The van der Waals surface area contributed by atoms with Crippen LogP contribution in [-0.4, -0.2) is 64.9 Å². The summed E-state index contributed by atoms with van der Waals surface area (Å²) in [4.78, 5) is 37.0. The van der Waals surface area contributed by atoms with Crippen molar-refractivity contribution in [1.29, 1.82) is 5.26 Å². The van der Waals surface area contributed by atoms with Crippen molar-refractivity contribution >= 4 is 28.4 Å². The van der Waals surface area contributed by atoms with Crippen molar-refractivity contribution in [2.45, 2.75) is 58.5 Å². The summed E-state index contributed by atoms with van der Waals surface area (Å²) in [5, 5.41) is 10.2. The van der Waals surface area contributed by atoms with Crippen molar-refractivity contribution in [3.05, 3.63) is 35.8 Å². The lowest BCUT2D eigenvalue weighted by atomic mass is 9.81. The molecule has 1 aromatic carbocycles. The highest BCUT2D eigenvalue weighted by molar-refractivity contribution is 6.07. The van der Waals surface area contributed by atoms with Crippen LogP contribution >= 0.6 is 0 Å². The van der Waals surface area contributed by atoms with E-state index in [9.17, 15) is 19.2 Å². The van der Waals surface area contributed by atoms with Crippen LogP contribution < -0.4 is 4.90 Å². The summed E-state index contributed by atoms with van der Waals surface area (Å²) in [5.41, 5.74) is 1.37. The Morgan fingerprint density at radius 1 is 1.14 bits per heavy atom. The number of anilines is 1. The van der Waals surface area contributed by atoms with E-state index in [1.165, 1.54) is 12.1 Å². The molecule has 2 saturated heterocycles. The third-order valence-corrected chi connectivity index (χ3v) is 7.87. The maximum atomic E-state index is 14.3. The third-order valence-electron chi connectivity index (χ3n) is 7.87. The Labute approximate surface area is 205 Å². The van der Waals surface area contributed by atoms with Crippen molar-refractivity contribution in [2.24, 2.45) is 11.3 Å². The van der Waals surface area contributed by atoms with Gasteiger partial charge in [0.25, 0.3) is 5.91 Å². The molecule has 3 fully saturated rings. The number of carbonyl (C=O) groups is 2. The van der Waals surface area contributed by atoms with Gasteiger partial charge >= 0.3 is 0 Å². The van der Waals surface area contributed by atoms with Gasteiger partial charge in [-0.2, -0.15) is 5.26 Å². The first-order valence-corrected chi connectivity index (χ1v) is 12.6. The molecule has 5 rings (SSSR count). The van der Waals surface area contributed by atoms with Gasteiger partial charge in [0.1, 0.15) is 5.82 Å². The van der Waals surface area contributed by atoms with Crippen molar-refractivity contribution < 1.29 is 14.0 Å². The number of hydrogen-bond acceptors (Lipinski definition) is 5. The van der Waals surface area contributed by atoms with E-state index >= 15 is 0 Å². The molecule has 0 spiro atoms. The van der Waals surface area contributed by atoms with Gasteiger partial charge in [0.2, 0.25) is 5.91 Å². The van der Waals surface area contributed by atoms with E-state index in [1.807, 2.05) is 25.7 Å². The first-order valence-electron chi connectivity index (χ1n) is 12.6. The van der Waals surface area contributed by atoms with Gasteiger partial charge in [-0.15, -0.1) is 0 Å². The Kier molecular flexibility index (Phi) is 5.90. The third kappa shape index (κ3) is 4.33. The van der Waals surface area contributed by atoms with Crippen molar-refractivity contribution in [2.75, 3.05) is 31.1 Å². The fourth-order valence-electron chi connectivity index (χ4n) is 5.62. The molecule has 3 aliphatic rings. The number of pyridine rings is 1. The van der Waals surface area contributed by atoms with Crippen LogP contribution in [0.2, 0.25) is 0 Å². The number of nitrogens with zero attached hydrogens (tertiary/aromatic N) is 5. The fraction of sp³-hybridized carbons (Fsp3) is 0.556. The van der Waals surface area contributed by atoms with Gasteiger partial charge in [-0.25, -0.2) is 4.39 Å². The van der Waals surface area contributed by atoms with Crippen molar-refractivity contribution in [3.8, 4) is 6.07 Å². The maximum Gasteiger partial charge on any atom is 0.257 e. The first kappa shape index (κ1) is 23.5. The predicted octanol–water partition coefficient (Wildman–Crippen LogP) is 3.98. The van der Waals surface area contributed by atoms with Crippen LogP contribution in [-0.2, 0) is 4.79 Å². The monoisotopic (exact) mass is 477 g/mol. The van der Waals surface area contributed by atoms with E-state index in [4.69, 9.17) is 0 Å². The quantitative estimate of drug-likeness (QED) is 0.668. The Balaban J connectivity index is 1.48. The van der Waals surface area contributed by atoms with Crippen LogP contribution in [0.25, 0.3) is 10.9 Å². The summed E-state index contributed by atoms with van der Waals surface area (Å²) in [6.45, 7) is 8.08. The second-order valence-electron chi connectivity index (χ2n) is 10.8. The molecule has 1 aliphatic carbocycles. The van der Waals surface area contributed by atoms with E-state index in [0.29, 0.717) is 61.2 Å². The number of carbonyl (C=O) groups excluding carboxylic acids is 2. The van der Waals surface area contributed by atoms with Crippen LogP contribution in [0.5, 0.6) is 0 Å². The van der Waals surface area contributed by atoms with Gasteiger partial charge in [-0.05, 0) is 64.7 Å². The molecule has 184 valence electrons. The van der Waals surface area contributed by atoms with Gasteiger partial charge < -0.3 is 14.7 Å². The second-order valence-corrected chi connectivity index (χ2v) is 10.8. The smallest absolute Gasteiger partial charge is 0.257 e. The van der Waals surface area contributed by atoms with Gasteiger partial charge in [0, 0.05) is 55.8 Å². The zero-order valence-electron chi connectivity index (χ0n) is 20.6. The normalized spacial score (nSPS) is 24.4. The van der Waals surface area contributed by atoms with Crippen molar-refractivity contribution in [3.63, 3.8) is 0 Å². The number of hydrogen-bond donors (Lipinski definition) is 0. The number of rotatable bonds is 3. The maximum absolute atomic E-state index is 14.3. The molecule has 2 atom stereocenters. The Hall–Kier alpha value is -3.21.